The first-order chi connectivity index (χ1) is 9.13. The molecule has 3 aromatic rings. The minimum absolute atomic E-state index is 0.663. The van der Waals surface area contributed by atoms with E-state index in [4.69, 9.17) is 0 Å². The lowest BCUT2D eigenvalue weighted by Gasteiger charge is -2.02. The van der Waals surface area contributed by atoms with Gasteiger partial charge >= 0.3 is 0 Å². The summed E-state index contributed by atoms with van der Waals surface area (Å²) in [7, 11) is 1.87. The van der Waals surface area contributed by atoms with Gasteiger partial charge in [0.15, 0.2) is 10.8 Å². The third-order valence-corrected chi connectivity index (χ3v) is 3.86. The van der Waals surface area contributed by atoms with Gasteiger partial charge in [-0.1, -0.05) is 0 Å². The van der Waals surface area contributed by atoms with E-state index in [9.17, 15) is 0 Å². The van der Waals surface area contributed by atoms with E-state index in [2.05, 4.69) is 37.9 Å². The summed E-state index contributed by atoms with van der Waals surface area (Å²) < 4.78 is 3.87. The largest absolute Gasteiger partial charge is 0.304 e. The molecule has 3 heterocycles. The quantitative estimate of drug-likeness (QED) is 0.783. The number of nitrogens with one attached hydrogen (secondary N) is 1. The van der Waals surface area contributed by atoms with Crippen LogP contribution >= 0.6 is 11.3 Å². The first-order valence-corrected chi connectivity index (χ1v) is 6.94. The van der Waals surface area contributed by atoms with Crippen molar-refractivity contribution in [1.82, 2.24) is 29.5 Å². The van der Waals surface area contributed by atoms with Crippen molar-refractivity contribution in [2.75, 3.05) is 0 Å². The molecule has 100 valence electrons. The molecule has 0 aliphatic rings. The van der Waals surface area contributed by atoms with Crippen LogP contribution in [0, 0.1) is 13.8 Å². The van der Waals surface area contributed by atoms with Gasteiger partial charge in [0.25, 0.3) is 0 Å². The molecule has 0 saturated carbocycles. The molecule has 0 saturated heterocycles. The van der Waals surface area contributed by atoms with Gasteiger partial charge in [0, 0.05) is 24.7 Å². The Balaban J connectivity index is 1.72. The predicted molar refractivity (Wildman–Crippen MR) is 74.1 cm³/mol. The van der Waals surface area contributed by atoms with Gasteiger partial charge in [-0.25, -0.2) is 9.97 Å². The maximum atomic E-state index is 4.57. The van der Waals surface area contributed by atoms with Gasteiger partial charge in [0.05, 0.1) is 17.9 Å². The van der Waals surface area contributed by atoms with E-state index in [0.29, 0.717) is 6.54 Å². The molecule has 7 heteroatoms. The van der Waals surface area contributed by atoms with E-state index in [-0.39, 0.29) is 0 Å². The van der Waals surface area contributed by atoms with Crippen molar-refractivity contribution < 1.29 is 0 Å². The van der Waals surface area contributed by atoms with Crippen molar-refractivity contribution in [3.63, 3.8) is 0 Å². The first kappa shape index (κ1) is 12.3. The van der Waals surface area contributed by atoms with E-state index < -0.39 is 0 Å². The van der Waals surface area contributed by atoms with Crippen LogP contribution < -0.4 is 5.32 Å². The summed E-state index contributed by atoms with van der Waals surface area (Å²) in [4.78, 5) is 11.1. The molecule has 0 amide bonds. The highest BCUT2D eigenvalue weighted by molar-refractivity contribution is 7.17. The molecule has 0 spiro atoms. The number of fused-ring (bicyclic) bond motifs is 1. The number of thiazole rings is 1. The molecule has 3 aromatic heterocycles. The van der Waals surface area contributed by atoms with E-state index in [1.54, 1.807) is 22.3 Å². The molecule has 0 bridgehead atoms. The maximum Gasteiger partial charge on any atom is 0.194 e. The Bertz CT molecular complexity index is 707. The van der Waals surface area contributed by atoms with Crippen LogP contribution in [0.3, 0.4) is 0 Å². The highest BCUT2D eigenvalue weighted by atomic mass is 32.1. The fourth-order valence-electron chi connectivity index (χ4n) is 2.08. The molecular formula is C12H16N6S. The van der Waals surface area contributed by atoms with Crippen LogP contribution in [0.15, 0.2) is 12.5 Å². The normalized spacial score (nSPS) is 11.5. The fraction of sp³-hybridized carbons (Fsp3) is 0.417. The van der Waals surface area contributed by atoms with E-state index in [0.717, 1.165) is 23.0 Å². The minimum atomic E-state index is 0.663. The lowest BCUT2D eigenvalue weighted by Crippen LogP contribution is -2.15. The molecule has 0 aromatic carbocycles. The lowest BCUT2D eigenvalue weighted by molar-refractivity contribution is 0.636. The molecule has 0 aliphatic heterocycles. The number of hydrogen-bond donors (Lipinski definition) is 1. The van der Waals surface area contributed by atoms with E-state index in [1.165, 1.54) is 10.6 Å². The average molecular weight is 276 g/mol. The van der Waals surface area contributed by atoms with Gasteiger partial charge < -0.3 is 5.32 Å². The van der Waals surface area contributed by atoms with Gasteiger partial charge in [-0.15, -0.1) is 11.3 Å². The SMILES string of the molecule is Cc1cn2c(CNCc3ncn(C)n3)c(C)nc2s1. The maximum absolute atomic E-state index is 4.57. The summed E-state index contributed by atoms with van der Waals surface area (Å²) >= 11 is 1.72. The Labute approximate surface area is 115 Å². The third-order valence-electron chi connectivity index (χ3n) is 2.96. The summed E-state index contributed by atoms with van der Waals surface area (Å²) in [5.74, 6) is 0.808. The summed E-state index contributed by atoms with van der Waals surface area (Å²) in [5.41, 5.74) is 2.28. The standard InChI is InChI=1S/C12H16N6S/c1-8-6-18-10(9(2)15-12(18)19-8)4-13-5-11-14-7-17(3)16-11/h6-7,13H,4-5H2,1-3H3. The number of imidazole rings is 1. The van der Waals surface area contributed by atoms with E-state index in [1.807, 2.05) is 14.0 Å². The second-order valence-electron chi connectivity index (χ2n) is 4.58. The Morgan fingerprint density at radius 3 is 2.89 bits per heavy atom. The molecule has 6 nitrogen and oxygen atoms in total. The van der Waals surface area contributed by atoms with Gasteiger partial charge in [-0.2, -0.15) is 5.10 Å². The van der Waals surface area contributed by atoms with Crippen LogP contribution in [-0.2, 0) is 20.1 Å². The Hall–Kier alpha value is -1.73. The van der Waals surface area contributed by atoms with Crippen molar-refractivity contribution in [3.05, 3.63) is 34.6 Å². The smallest absolute Gasteiger partial charge is 0.194 e. The van der Waals surface area contributed by atoms with Crippen molar-refractivity contribution in [2.45, 2.75) is 26.9 Å². The van der Waals surface area contributed by atoms with Gasteiger partial charge in [0.2, 0.25) is 0 Å². The first-order valence-electron chi connectivity index (χ1n) is 6.12. The van der Waals surface area contributed by atoms with Gasteiger partial charge in [-0.3, -0.25) is 9.08 Å². The number of hydrogen-bond acceptors (Lipinski definition) is 5. The second kappa shape index (κ2) is 4.75. The van der Waals surface area contributed by atoms with Crippen molar-refractivity contribution in [3.8, 4) is 0 Å². The fourth-order valence-corrected chi connectivity index (χ4v) is 2.97. The van der Waals surface area contributed by atoms with Crippen molar-refractivity contribution in [1.29, 1.82) is 0 Å². The Morgan fingerprint density at radius 2 is 2.16 bits per heavy atom. The molecule has 0 fully saturated rings. The molecule has 0 radical (unpaired) electrons. The molecule has 1 N–H and O–H groups in total. The third kappa shape index (κ3) is 2.39. The highest BCUT2D eigenvalue weighted by Gasteiger charge is 2.10. The second-order valence-corrected chi connectivity index (χ2v) is 5.79. The molecule has 3 rings (SSSR count). The van der Waals surface area contributed by atoms with Crippen molar-refractivity contribution >= 4 is 16.3 Å². The summed E-state index contributed by atoms with van der Waals surface area (Å²) in [6, 6.07) is 0. The molecule has 0 unspecified atom stereocenters. The number of rotatable bonds is 4. The van der Waals surface area contributed by atoms with Gasteiger partial charge in [-0.05, 0) is 13.8 Å². The Morgan fingerprint density at radius 1 is 1.32 bits per heavy atom. The molecule has 0 atom stereocenters. The predicted octanol–water partition coefficient (Wildman–Crippen LogP) is 1.43. The minimum Gasteiger partial charge on any atom is -0.304 e. The number of aromatic nitrogens is 5. The summed E-state index contributed by atoms with van der Waals surface area (Å²) in [6.45, 7) is 5.58. The zero-order valence-electron chi connectivity index (χ0n) is 11.2. The zero-order chi connectivity index (χ0) is 13.4. The zero-order valence-corrected chi connectivity index (χ0v) is 12.0. The van der Waals surface area contributed by atoms with Crippen LogP contribution in [0.4, 0.5) is 0 Å². The van der Waals surface area contributed by atoms with Crippen LogP contribution in [0.2, 0.25) is 0 Å². The van der Waals surface area contributed by atoms with Gasteiger partial charge in [0.1, 0.15) is 6.33 Å². The van der Waals surface area contributed by atoms with Crippen LogP contribution in [0.25, 0.3) is 4.96 Å². The van der Waals surface area contributed by atoms with Crippen LogP contribution in [0.1, 0.15) is 22.1 Å². The molecule has 0 aliphatic carbocycles. The lowest BCUT2D eigenvalue weighted by atomic mass is 10.3. The molecular weight excluding hydrogens is 260 g/mol. The molecule has 19 heavy (non-hydrogen) atoms. The summed E-state index contributed by atoms with van der Waals surface area (Å²) in [5, 5.41) is 7.61. The highest BCUT2D eigenvalue weighted by Crippen LogP contribution is 2.20. The Kier molecular flexibility index (Phi) is 3.08. The topological polar surface area (TPSA) is 60.0 Å². The van der Waals surface area contributed by atoms with Crippen molar-refractivity contribution in [2.24, 2.45) is 7.05 Å². The number of aryl methyl sites for hydroxylation is 3. The monoisotopic (exact) mass is 276 g/mol. The average Bonchev–Trinajstić information content (AvgIpc) is 2.97. The summed E-state index contributed by atoms with van der Waals surface area (Å²) in [6.07, 6.45) is 3.84. The van der Waals surface area contributed by atoms with Crippen LogP contribution in [0.5, 0.6) is 0 Å². The number of nitrogens with zero attached hydrogens (tertiary/aromatic N) is 5. The van der Waals surface area contributed by atoms with E-state index >= 15 is 0 Å². The van der Waals surface area contributed by atoms with Crippen LogP contribution in [-0.4, -0.2) is 24.1 Å².